The molecule has 0 aliphatic carbocycles. The van der Waals surface area contributed by atoms with Gasteiger partial charge in [0, 0.05) is 22.5 Å². The molecule has 3 rings (SSSR count). The Hall–Kier alpha value is -1.98. The maximum absolute atomic E-state index is 12.3. The number of carbonyl (C=O) groups excluding carboxylic acids is 2. The van der Waals surface area contributed by atoms with Crippen LogP contribution in [0.5, 0.6) is 0 Å². The second-order valence-corrected chi connectivity index (χ2v) is 8.90. The first-order valence-electron chi connectivity index (χ1n) is 8.44. The van der Waals surface area contributed by atoms with Crippen LogP contribution in [0.3, 0.4) is 0 Å². The minimum atomic E-state index is -0.355. The number of anilines is 1. The summed E-state index contributed by atoms with van der Waals surface area (Å²) in [7, 11) is 0. The number of benzene rings is 2. The van der Waals surface area contributed by atoms with Crippen LogP contribution >= 0.6 is 50.9 Å². The summed E-state index contributed by atoms with van der Waals surface area (Å²) < 4.78 is 0.869. The predicted octanol–water partition coefficient (Wildman–Crippen LogP) is 5.47. The Morgan fingerprint density at radius 3 is 2.76 bits per heavy atom. The number of halogens is 3. The van der Waals surface area contributed by atoms with Crippen molar-refractivity contribution in [3.05, 3.63) is 73.1 Å². The van der Waals surface area contributed by atoms with Crippen molar-refractivity contribution in [1.82, 2.24) is 5.32 Å². The van der Waals surface area contributed by atoms with E-state index in [1.54, 1.807) is 18.2 Å². The normalized spacial score (nSPS) is 16.2. The number of nitrogens with one attached hydrogen (secondary N) is 2. The van der Waals surface area contributed by atoms with E-state index in [0.29, 0.717) is 26.3 Å². The highest BCUT2D eigenvalue weighted by molar-refractivity contribution is 9.10. The average molecular weight is 511 g/mol. The Kier molecular flexibility index (Phi) is 7.25. The summed E-state index contributed by atoms with van der Waals surface area (Å²) in [6.45, 7) is 0. The Balaban J connectivity index is 1.75. The van der Waals surface area contributed by atoms with E-state index in [9.17, 15) is 14.9 Å². The Morgan fingerprint density at radius 2 is 2.07 bits per heavy atom. The summed E-state index contributed by atoms with van der Waals surface area (Å²) in [6, 6.07) is 14.5. The molecule has 1 heterocycles. The number of hydrogen-bond donors (Lipinski definition) is 2. The van der Waals surface area contributed by atoms with Crippen LogP contribution in [0, 0.1) is 11.3 Å². The molecule has 9 heteroatoms. The Bertz CT molecular complexity index is 1050. The highest BCUT2D eigenvalue weighted by Gasteiger charge is 2.30. The zero-order chi connectivity index (χ0) is 21.0. The first-order valence-corrected chi connectivity index (χ1v) is 11.0. The van der Waals surface area contributed by atoms with E-state index in [2.05, 4.69) is 32.6 Å². The second-order valence-electron chi connectivity index (χ2n) is 6.18. The van der Waals surface area contributed by atoms with Gasteiger partial charge < -0.3 is 10.6 Å². The fraction of sp³-hybridized carbons (Fsp3) is 0.150. The molecule has 0 spiro atoms. The predicted molar refractivity (Wildman–Crippen MR) is 120 cm³/mol. The summed E-state index contributed by atoms with van der Waals surface area (Å²) >= 11 is 16.4. The minimum Gasteiger partial charge on any atom is -0.325 e. The third-order valence-electron chi connectivity index (χ3n) is 4.16. The van der Waals surface area contributed by atoms with Crippen molar-refractivity contribution in [2.75, 3.05) is 11.1 Å². The SMILES string of the molecule is N#CC1=C(SCC(=O)Nc2ccc(Cl)c(Cl)c2)NC(=O)C[C@@H]1c1cccc(Br)c1. The lowest BCUT2D eigenvalue weighted by Gasteiger charge is -2.25. The molecule has 0 saturated carbocycles. The van der Waals surface area contributed by atoms with E-state index in [-0.39, 0.29) is 29.9 Å². The molecule has 0 radical (unpaired) electrons. The molecule has 2 aromatic carbocycles. The molecule has 0 fully saturated rings. The number of hydrogen-bond acceptors (Lipinski definition) is 4. The van der Waals surface area contributed by atoms with E-state index in [4.69, 9.17) is 23.2 Å². The van der Waals surface area contributed by atoms with Gasteiger partial charge in [0.05, 0.1) is 32.5 Å². The fourth-order valence-corrected chi connectivity index (χ4v) is 4.44. The lowest BCUT2D eigenvalue weighted by Crippen LogP contribution is -2.31. The maximum atomic E-state index is 12.3. The van der Waals surface area contributed by atoms with E-state index < -0.39 is 0 Å². The van der Waals surface area contributed by atoms with Gasteiger partial charge in [0.15, 0.2) is 0 Å². The third-order valence-corrected chi connectivity index (χ3v) is 6.41. The van der Waals surface area contributed by atoms with Crippen molar-refractivity contribution in [3.63, 3.8) is 0 Å². The van der Waals surface area contributed by atoms with Crippen LogP contribution < -0.4 is 10.6 Å². The largest absolute Gasteiger partial charge is 0.325 e. The number of thioether (sulfide) groups is 1. The van der Waals surface area contributed by atoms with Crippen molar-refractivity contribution in [2.24, 2.45) is 0 Å². The Morgan fingerprint density at radius 1 is 1.28 bits per heavy atom. The molecular weight excluding hydrogens is 497 g/mol. The highest BCUT2D eigenvalue weighted by Crippen LogP contribution is 2.36. The molecule has 2 N–H and O–H groups in total. The van der Waals surface area contributed by atoms with Crippen LogP contribution in [-0.2, 0) is 9.59 Å². The van der Waals surface area contributed by atoms with E-state index in [1.807, 2.05) is 24.3 Å². The molecule has 0 aromatic heterocycles. The smallest absolute Gasteiger partial charge is 0.234 e. The average Bonchev–Trinajstić information content (AvgIpc) is 2.68. The Labute approximate surface area is 190 Å². The van der Waals surface area contributed by atoms with Gasteiger partial charge in [-0.15, -0.1) is 0 Å². The molecular formula is C20H14BrCl2N3O2S. The standard InChI is InChI=1S/C20H14BrCl2N3O2S/c21-12-3-1-2-11(6-12)14-8-18(27)26-20(15(14)9-24)29-10-19(28)25-13-4-5-16(22)17(23)7-13/h1-7,14H,8,10H2,(H,25,28)(H,26,27)/t14-/m1/s1. The number of amides is 2. The van der Waals surface area contributed by atoms with Gasteiger partial charge in [0.1, 0.15) is 0 Å². The molecule has 5 nitrogen and oxygen atoms in total. The zero-order valence-corrected chi connectivity index (χ0v) is 18.8. The topological polar surface area (TPSA) is 82.0 Å². The van der Waals surface area contributed by atoms with Crippen LogP contribution in [0.25, 0.3) is 0 Å². The third kappa shape index (κ3) is 5.55. The first kappa shape index (κ1) is 21.7. The molecule has 2 amide bonds. The maximum Gasteiger partial charge on any atom is 0.234 e. The van der Waals surface area contributed by atoms with E-state index >= 15 is 0 Å². The number of rotatable bonds is 5. The molecule has 1 aliphatic rings. The van der Waals surface area contributed by atoms with Gasteiger partial charge in [-0.25, -0.2) is 0 Å². The first-order chi connectivity index (χ1) is 13.9. The van der Waals surface area contributed by atoms with Gasteiger partial charge in [0.25, 0.3) is 0 Å². The van der Waals surface area contributed by atoms with E-state index in [1.165, 1.54) is 0 Å². The summed E-state index contributed by atoms with van der Waals surface area (Å²) in [5.74, 6) is -0.822. The van der Waals surface area contributed by atoms with E-state index in [0.717, 1.165) is 21.8 Å². The number of carbonyl (C=O) groups is 2. The van der Waals surface area contributed by atoms with Gasteiger partial charge in [0.2, 0.25) is 11.8 Å². The van der Waals surface area contributed by atoms with Crippen LogP contribution in [0.1, 0.15) is 17.9 Å². The van der Waals surface area contributed by atoms with Gasteiger partial charge in [-0.2, -0.15) is 5.26 Å². The van der Waals surface area contributed by atoms with Crippen molar-refractivity contribution in [3.8, 4) is 6.07 Å². The summed E-state index contributed by atoms with van der Waals surface area (Å²) in [5.41, 5.74) is 1.82. The molecule has 148 valence electrons. The lowest BCUT2D eigenvalue weighted by molar-refractivity contribution is -0.121. The number of nitrogens with zero attached hydrogens (tertiary/aromatic N) is 1. The second kappa shape index (κ2) is 9.68. The summed E-state index contributed by atoms with van der Waals surface area (Å²) in [6.07, 6.45) is 0.179. The van der Waals surface area contributed by atoms with Gasteiger partial charge >= 0.3 is 0 Å². The molecule has 1 aliphatic heterocycles. The van der Waals surface area contributed by atoms with Crippen LogP contribution in [0.15, 0.2) is 57.5 Å². The monoisotopic (exact) mass is 509 g/mol. The van der Waals surface area contributed by atoms with Crippen LogP contribution in [0.4, 0.5) is 5.69 Å². The number of nitriles is 1. The lowest BCUT2D eigenvalue weighted by atomic mass is 9.87. The fourth-order valence-electron chi connectivity index (χ4n) is 2.85. The van der Waals surface area contributed by atoms with Crippen molar-refractivity contribution < 1.29 is 9.59 Å². The highest BCUT2D eigenvalue weighted by atomic mass is 79.9. The van der Waals surface area contributed by atoms with Crippen molar-refractivity contribution >= 4 is 68.4 Å². The van der Waals surface area contributed by atoms with Gasteiger partial charge in [-0.3, -0.25) is 9.59 Å². The van der Waals surface area contributed by atoms with Crippen LogP contribution in [0.2, 0.25) is 10.0 Å². The summed E-state index contributed by atoms with van der Waals surface area (Å²) in [5, 5.41) is 16.3. The molecule has 2 aromatic rings. The van der Waals surface area contributed by atoms with Crippen LogP contribution in [-0.4, -0.2) is 17.6 Å². The van der Waals surface area contributed by atoms with Crippen molar-refractivity contribution in [1.29, 1.82) is 5.26 Å². The van der Waals surface area contributed by atoms with Gasteiger partial charge in [-0.05, 0) is 35.9 Å². The minimum absolute atomic E-state index is 0.0201. The van der Waals surface area contributed by atoms with Crippen molar-refractivity contribution in [2.45, 2.75) is 12.3 Å². The zero-order valence-electron chi connectivity index (χ0n) is 14.8. The van der Waals surface area contributed by atoms with Gasteiger partial charge in [-0.1, -0.05) is 63.0 Å². The molecule has 0 unspecified atom stereocenters. The molecule has 1 atom stereocenters. The quantitative estimate of drug-likeness (QED) is 0.559. The molecule has 0 bridgehead atoms. The molecule has 29 heavy (non-hydrogen) atoms. The summed E-state index contributed by atoms with van der Waals surface area (Å²) in [4.78, 5) is 24.5. The molecule has 0 saturated heterocycles. The number of allylic oxidation sites excluding steroid dienone is 1.